The molecule has 0 aliphatic rings. The summed E-state index contributed by atoms with van der Waals surface area (Å²) in [7, 11) is 0. The number of aryl methyl sites for hydroxylation is 3. The fourth-order valence-corrected chi connectivity index (χ4v) is 1.97. The van der Waals surface area contributed by atoms with E-state index in [-0.39, 0.29) is 12.5 Å². The zero-order valence-corrected chi connectivity index (χ0v) is 13.4. The summed E-state index contributed by atoms with van der Waals surface area (Å²) in [6, 6.07) is 7.16. The molecular formula is C16H17ClN2O3. The predicted molar refractivity (Wildman–Crippen MR) is 85.6 cm³/mol. The number of rotatable bonds is 5. The SMILES string of the molecule is Cc1ccc(/C=N/NC(=O)COc2cc(C)c(Cl)c(C)c2)o1. The van der Waals surface area contributed by atoms with E-state index >= 15 is 0 Å². The van der Waals surface area contributed by atoms with Crippen molar-refractivity contribution >= 4 is 23.7 Å². The predicted octanol–water partition coefficient (Wildman–Crippen LogP) is 3.39. The van der Waals surface area contributed by atoms with E-state index in [9.17, 15) is 4.79 Å². The fourth-order valence-electron chi connectivity index (χ4n) is 1.86. The molecule has 0 unspecified atom stereocenters. The Bertz CT molecular complexity index is 684. The Balaban J connectivity index is 1.84. The maximum Gasteiger partial charge on any atom is 0.277 e. The third-order valence-electron chi connectivity index (χ3n) is 2.92. The number of hydrogen-bond acceptors (Lipinski definition) is 4. The minimum Gasteiger partial charge on any atom is -0.484 e. The third-order valence-corrected chi connectivity index (χ3v) is 3.52. The smallest absolute Gasteiger partial charge is 0.277 e. The van der Waals surface area contributed by atoms with Gasteiger partial charge in [-0.2, -0.15) is 5.10 Å². The summed E-state index contributed by atoms with van der Waals surface area (Å²) in [6.07, 6.45) is 1.43. The number of nitrogens with one attached hydrogen (secondary N) is 1. The Hall–Kier alpha value is -2.27. The van der Waals surface area contributed by atoms with Gasteiger partial charge in [-0.1, -0.05) is 11.6 Å². The second-order valence-electron chi connectivity index (χ2n) is 4.90. The van der Waals surface area contributed by atoms with E-state index < -0.39 is 0 Å². The van der Waals surface area contributed by atoms with E-state index in [1.807, 2.05) is 26.8 Å². The zero-order valence-electron chi connectivity index (χ0n) is 12.6. The number of amides is 1. The highest BCUT2D eigenvalue weighted by Crippen LogP contribution is 2.25. The Labute approximate surface area is 133 Å². The largest absolute Gasteiger partial charge is 0.484 e. The van der Waals surface area contributed by atoms with Crippen molar-refractivity contribution in [1.82, 2.24) is 5.43 Å². The number of nitrogens with zero attached hydrogens (tertiary/aromatic N) is 1. The van der Waals surface area contributed by atoms with Gasteiger partial charge in [0.15, 0.2) is 6.61 Å². The van der Waals surface area contributed by atoms with Crippen molar-refractivity contribution in [3.63, 3.8) is 0 Å². The number of hydrogen-bond donors (Lipinski definition) is 1. The first-order chi connectivity index (χ1) is 10.5. The summed E-state index contributed by atoms with van der Waals surface area (Å²) < 4.78 is 10.7. The Morgan fingerprint density at radius 3 is 2.59 bits per heavy atom. The highest BCUT2D eigenvalue weighted by molar-refractivity contribution is 6.32. The third kappa shape index (κ3) is 4.36. The molecule has 116 valence electrons. The van der Waals surface area contributed by atoms with Crippen molar-refractivity contribution in [3.8, 4) is 5.75 Å². The van der Waals surface area contributed by atoms with Crippen LogP contribution < -0.4 is 10.2 Å². The quantitative estimate of drug-likeness (QED) is 0.678. The molecule has 1 aromatic carbocycles. The van der Waals surface area contributed by atoms with Gasteiger partial charge in [-0.25, -0.2) is 5.43 Å². The summed E-state index contributed by atoms with van der Waals surface area (Å²) >= 11 is 6.08. The molecule has 2 rings (SSSR count). The summed E-state index contributed by atoms with van der Waals surface area (Å²) in [5.41, 5.74) is 4.18. The first-order valence-corrected chi connectivity index (χ1v) is 7.11. The molecular weight excluding hydrogens is 304 g/mol. The van der Waals surface area contributed by atoms with Crippen LogP contribution in [0.3, 0.4) is 0 Å². The van der Waals surface area contributed by atoms with Gasteiger partial charge >= 0.3 is 0 Å². The topological polar surface area (TPSA) is 63.8 Å². The number of furan rings is 1. The number of carbonyl (C=O) groups excluding carboxylic acids is 1. The van der Waals surface area contributed by atoms with Crippen LogP contribution in [0.4, 0.5) is 0 Å². The minimum atomic E-state index is -0.357. The van der Waals surface area contributed by atoms with Gasteiger partial charge in [-0.05, 0) is 56.2 Å². The molecule has 5 nitrogen and oxygen atoms in total. The van der Waals surface area contributed by atoms with Crippen LogP contribution in [0, 0.1) is 20.8 Å². The second kappa shape index (κ2) is 7.13. The van der Waals surface area contributed by atoms with Crippen LogP contribution in [-0.4, -0.2) is 18.7 Å². The Kier molecular flexibility index (Phi) is 5.22. The monoisotopic (exact) mass is 320 g/mol. The summed E-state index contributed by atoms with van der Waals surface area (Å²) in [5.74, 6) is 1.59. The molecule has 1 N–H and O–H groups in total. The fraction of sp³-hybridized carbons (Fsp3) is 0.250. The lowest BCUT2D eigenvalue weighted by Crippen LogP contribution is -2.24. The van der Waals surface area contributed by atoms with Gasteiger partial charge < -0.3 is 9.15 Å². The molecule has 0 fully saturated rings. The van der Waals surface area contributed by atoms with E-state index in [1.165, 1.54) is 6.21 Å². The number of hydrazone groups is 1. The zero-order chi connectivity index (χ0) is 16.1. The maximum absolute atomic E-state index is 11.6. The molecule has 6 heteroatoms. The van der Waals surface area contributed by atoms with E-state index in [0.29, 0.717) is 16.5 Å². The molecule has 0 bridgehead atoms. The standard InChI is InChI=1S/C16H17ClN2O3/c1-10-6-14(7-11(2)16(10)17)21-9-15(20)19-18-8-13-5-4-12(3)22-13/h4-8H,9H2,1-3H3,(H,19,20)/b18-8+. The van der Waals surface area contributed by atoms with Crippen LogP contribution in [0.1, 0.15) is 22.6 Å². The highest BCUT2D eigenvalue weighted by atomic mass is 35.5. The highest BCUT2D eigenvalue weighted by Gasteiger charge is 2.06. The first kappa shape index (κ1) is 16.1. The molecule has 1 amide bonds. The van der Waals surface area contributed by atoms with Crippen LogP contribution in [0.15, 0.2) is 33.8 Å². The normalized spacial score (nSPS) is 10.9. The van der Waals surface area contributed by atoms with E-state index in [4.69, 9.17) is 20.8 Å². The lowest BCUT2D eigenvalue weighted by atomic mass is 10.1. The summed E-state index contributed by atoms with van der Waals surface area (Å²) in [6.45, 7) is 5.48. The van der Waals surface area contributed by atoms with Crippen LogP contribution in [0.2, 0.25) is 5.02 Å². The van der Waals surface area contributed by atoms with Crippen LogP contribution in [-0.2, 0) is 4.79 Å². The van der Waals surface area contributed by atoms with Crippen LogP contribution in [0.5, 0.6) is 5.75 Å². The van der Waals surface area contributed by atoms with E-state index in [0.717, 1.165) is 16.9 Å². The molecule has 0 aliphatic heterocycles. The van der Waals surface area contributed by atoms with Crippen molar-refractivity contribution in [3.05, 3.63) is 51.9 Å². The van der Waals surface area contributed by atoms with Crippen molar-refractivity contribution in [2.75, 3.05) is 6.61 Å². The van der Waals surface area contributed by atoms with Gasteiger partial charge in [0.1, 0.15) is 17.3 Å². The number of benzene rings is 1. The van der Waals surface area contributed by atoms with Crippen LogP contribution in [0.25, 0.3) is 0 Å². The molecule has 0 spiro atoms. The maximum atomic E-state index is 11.6. The second-order valence-corrected chi connectivity index (χ2v) is 5.28. The Morgan fingerprint density at radius 1 is 1.32 bits per heavy atom. The Morgan fingerprint density at radius 2 is 2.00 bits per heavy atom. The first-order valence-electron chi connectivity index (χ1n) is 6.73. The molecule has 0 saturated heterocycles. The van der Waals surface area contributed by atoms with Gasteiger partial charge in [0.05, 0.1) is 6.21 Å². The van der Waals surface area contributed by atoms with Gasteiger partial charge in [0, 0.05) is 5.02 Å². The van der Waals surface area contributed by atoms with E-state index in [1.54, 1.807) is 18.2 Å². The summed E-state index contributed by atoms with van der Waals surface area (Å²) in [4.78, 5) is 11.6. The molecule has 1 heterocycles. The lowest BCUT2D eigenvalue weighted by Gasteiger charge is -2.09. The molecule has 0 atom stereocenters. The average Bonchev–Trinajstić information content (AvgIpc) is 2.88. The average molecular weight is 321 g/mol. The molecule has 0 radical (unpaired) electrons. The molecule has 1 aromatic heterocycles. The van der Waals surface area contributed by atoms with Crippen molar-refractivity contribution < 1.29 is 13.9 Å². The van der Waals surface area contributed by atoms with Gasteiger partial charge in [-0.15, -0.1) is 0 Å². The number of ether oxygens (including phenoxy) is 1. The van der Waals surface area contributed by atoms with Crippen LogP contribution >= 0.6 is 11.6 Å². The van der Waals surface area contributed by atoms with Gasteiger partial charge in [0.25, 0.3) is 5.91 Å². The van der Waals surface area contributed by atoms with Gasteiger partial charge in [0.2, 0.25) is 0 Å². The number of halogens is 1. The molecule has 0 aliphatic carbocycles. The van der Waals surface area contributed by atoms with Crippen molar-refractivity contribution in [2.45, 2.75) is 20.8 Å². The van der Waals surface area contributed by atoms with E-state index in [2.05, 4.69) is 10.5 Å². The lowest BCUT2D eigenvalue weighted by molar-refractivity contribution is -0.123. The molecule has 2 aromatic rings. The van der Waals surface area contributed by atoms with Gasteiger partial charge in [-0.3, -0.25) is 4.79 Å². The molecule has 22 heavy (non-hydrogen) atoms. The van der Waals surface area contributed by atoms with Crippen molar-refractivity contribution in [1.29, 1.82) is 0 Å². The number of carbonyl (C=O) groups is 1. The summed E-state index contributed by atoms with van der Waals surface area (Å²) in [5, 5.41) is 4.50. The minimum absolute atomic E-state index is 0.130. The van der Waals surface area contributed by atoms with Crippen molar-refractivity contribution in [2.24, 2.45) is 5.10 Å². The molecule has 0 saturated carbocycles.